The van der Waals surface area contributed by atoms with E-state index in [1.54, 1.807) is 6.07 Å². The number of aromatic nitrogens is 4. The number of amides is 1. The van der Waals surface area contributed by atoms with Gasteiger partial charge in [-0.15, -0.1) is 0 Å². The van der Waals surface area contributed by atoms with Gasteiger partial charge in [-0.05, 0) is 45.7 Å². The molecule has 0 unspecified atom stereocenters. The Morgan fingerprint density at radius 3 is 2.46 bits per heavy atom. The molecule has 0 aliphatic rings. The second-order valence-electron chi connectivity index (χ2n) is 7.09. The summed E-state index contributed by atoms with van der Waals surface area (Å²) in [6.45, 7) is 8.71. The Balaban J connectivity index is 1.80. The predicted octanol–water partition coefficient (Wildman–Crippen LogP) is 2.23. The molecule has 1 N–H and O–H groups in total. The van der Waals surface area contributed by atoms with Gasteiger partial charge in [0.2, 0.25) is 5.91 Å². The van der Waals surface area contributed by atoms with Crippen LogP contribution < -0.4 is 10.9 Å². The van der Waals surface area contributed by atoms with Crippen LogP contribution in [0.2, 0.25) is 0 Å². The molecule has 0 aliphatic heterocycles. The third kappa shape index (κ3) is 3.56. The zero-order chi connectivity index (χ0) is 20.4. The predicted molar refractivity (Wildman–Crippen MR) is 109 cm³/mol. The van der Waals surface area contributed by atoms with Crippen molar-refractivity contribution in [1.82, 2.24) is 24.9 Å². The van der Waals surface area contributed by atoms with Crippen molar-refractivity contribution >= 4 is 16.7 Å². The molecular weight excluding hydrogens is 354 g/mol. The first kappa shape index (κ1) is 19.8. The monoisotopic (exact) mass is 381 g/mol. The Labute approximate surface area is 164 Å². The maximum absolute atomic E-state index is 12.8. The number of carbonyl (C=O) groups is 1. The van der Waals surface area contributed by atoms with Crippen LogP contribution in [0.25, 0.3) is 10.8 Å². The molecule has 2 heterocycles. The molecule has 0 bridgehead atoms. The van der Waals surface area contributed by atoms with Crippen molar-refractivity contribution in [3.63, 3.8) is 0 Å². The lowest BCUT2D eigenvalue weighted by atomic mass is 10.0. The summed E-state index contributed by atoms with van der Waals surface area (Å²) in [4.78, 5) is 25.3. The largest absolute Gasteiger partial charge is 0.355 e. The number of hydrogen-bond donors (Lipinski definition) is 1. The third-order valence-electron chi connectivity index (χ3n) is 5.33. The molecule has 3 rings (SSSR count). The van der Waals surface area contributed by atoms with Gasteiger partial charge in [0.15, 0.2) is 0 Å². The van der Waals surface area contributed by atoms with Gasteiger partial charge in [0.25, 0.3) is 5.56 Å². The second kappa shape index (κ2) is 7.96. The lowest BCUT2D eigenvalue weighted by Crippen LogP contribution is -2.32. The molecule has 148 valence electrons. The van der Waals surface area contributed by atoms with E-state index in [0.29, 0.717) is 24.2 Å². The fraction of sp³-hybridized carbons (Fsp3) is 0.429. The van der Waals surface area contributed by atoms with Gasteiger partial charge in [-0.3, -0.25) is 14.3 Å². The lowest BCUT2D eigenvalue weighted by Gasteiger charge is -2.15. The van der Waals surface area contributed by atoms with Crippen LogP contribution in [0.15, 0.2) is 29.1 Å². The molecule has 7 nitrogen and oxygen atoms in total. The summed E-state index contributed by atoms with van der Waals surface area (Å²) in [6, 6.07) is 7.33. The van der Waals surface area contributed by atoms with Crippen molar-refractivity contribution in [3.8, 4) is 0 Å². The first-order valence-electron chi connectivity index (χ1n) is 9.61. The molecule has 0 saturated heterocycles. The minimum Gasteiger partial charge on any atom is -0.355 e. The van der Waals surface area contributed by atoms with Crippen LogP contribution in [-0.2, 0) is 24.8 Å². The van der Waals surface area contributed by atoms with Crippen LogP contribution in [0.4, 0.5) is 0 Å². The van der Waals surface area contributed by atoms with E-state index in [-0.39, 0.29) is 11.5 Å². The number of nitrogens with zero attached hydrogens (tertiary/aromatic N) is 4. The van der Waals surface area contributed by atoms with E-state index < -0.39 is 5.92 Å². The van der Waals surface area contributed by atoms with E-state index in [9.17, 15) is 9.59 Å². The molecule has 1 atom stereocenters. The van der Waals surface area contributed by atoms with Gasteiger partial charge >= 0.3 is 0 Å². The highest BCUT2D eigenvalue weighted by Gasteiger charge is 2.21. The average molecular weight is 381 g/mol. The molecule has 0 aliphatic carbocycles. The van der Waals surface area contributed by atoms with E-state index in [1.165, 1.54) is 10.2 Å². The van der Waals surface area contributed by atoms with Gasteiger partial charge in [-0.2, -0.15) is 10.2 Å². The summed E-state index contributed by atoms with van der Waals surface area (Å²) < 4.78 is 3.28. The lowest BCUT2D eigenvalue weighted by molar-refractivity contribution is -0.122. The highest BCUT2D eigenvalue weighted by atomic mass is 16.2. The zero-order valence-corrected chi connectivity index (χ0v) is 17.1. The number of fused-ring (bicyclic) bond motifs is 1. The molecular formula is C21H27N5O2. The van der Waals surface area contributed by atoms with Crippen molar-refractivity contribution < 1.29 is 4.79 Å². The van der Waals surface area contributed by atoms with E-state index in [0.717, 1.165) is 23.2 Å². The quantitative estimate of drug-likeness (QED) is 0.710. The van der Waals surface area contributed by atoms with Gasteiger partial charge < -0.3 is 5.32 Å². The number of aryl methyl sites for hydroxylation is 3. The second-order valence-corrected chi connectivity index (χ2v) is 7.09. The van der Waals surface area contributed by atoms with Crippen LogP contribution in [0.3, 0.4) is 0 Å². The Kier molecular flexibility index (Phi) is 5.63. The number of benzene rings is 1. The maximum Gasteiger partial charge on any atom is 0.274 e. The standard InChI is InChI=1S/C21H27N5O2/c1-6-26-21(28)18-10-8-7-9-17(18)19(24-26)13(2)20(27)22-12-11-16-14(3)23-25(5)15(16)4/h7-10,13H,6,11-12H2,1-5H3,(H,22,27)/t13-/m0/s1. The summed E-state index contributed by atoms with van der Waals surface area (Å²) in [6.07, 6.45) is 0.729. The summed E-state index contributed by atoms with van der Waals surface area (Å²) >= 11 is 0. The smallest absolute Gasteiger partial charge is 0.274 e. The summed E-state index contributed by atoms with van der Waals surface area (Å²) in [7, 11) is 1.92. The molecule has 2 aromatic heterocycles. The van der Waals surface area contributed by atoms with Crippen molar-refractivity contribution in [2.45, 2.75) is 46.6 Å². The van der Waals surface area contributed by atoms with Crippen LogP contribution in [-0.4, -0.2) is 32.0 Å². The normalized spacial score (nSPS) is 12.3. The summed E-state index contributed by atoms with van der Waals surface area (Å²) in [5.41, 5.74) is 3.77. The van der Waals surface area contributed by atoms with E-state index in [4.69, 9.17) is 0 Å². The van der Waals surface area contributed by atoms with Crippen molar-refractivity contribution in [2.24, 2.45) is 7.05 Å². The highest BCUT2D eigenvalue weighted by Crippen LogP contribution is 2.21. The average Bonchev–Trinajstić information content (AvgIpc) is 2.93. The maximum atomic E-state index is 12.8. The van der Waals surface area contributed by atoms with Crippen LogP contribution >= 0.6 is 0 Å². The molecule has 0 saturated carbocycles. The minimum absolute atomic E-state index is 0.0989. The fourth-order valence-electron chi connectivity index (χ4n) is 3.56. The van der Waals surface area contributed by atoms with Gasteiger partial charge in [-0.25, -0.2) is 4.68 Å². The molecule has 3 aromatic rings. The number of carbonyl (C=O) groups excluding carboxylic acids is 1. The number of nitrogens with one attached hydrogen (secondary N) is 1. The Morgan fingerprint density at radius 1 is 1.18 bits per heavy atom. The summed E-state index contributed by atoms with van der Waals surface area (Å²) in [5, 5.41) is 13.2. The fourth-order valence-corrected chi connectivity index (χ4v) is 3.56. The molecule has 0 spiro atoms. The van der Waals surface area contributed by atoms with E-state index in [2.05, 4.69) is 15.5 Å². The molecule has 1 aromatic carbocycles. The van der Waals surface area contributed by atoms with Gasteiger partial charge in [-0.1, -0.05) is 18.2 Å². The number of rotatable bonds is 6. The zero-order valence-electron chi connectivity index (χ0n) is 17.1. The highest BCUT2D eigenvalue weighted by molar-refractivity contribution is 5.91. The molecule has 7 heteroatoms. The third-order valence-corrected chi connectivity index (χ3v) is 5.33. The van der Waals surface area contributed by atoms with Crippen molar-refractivity contribution in [2.75, 3.05) is 6.54 Å². The van der Waals surface area contributed by atoms with Gasteiger partial charge in [0.05, 0.1) is 22.7 Å². The topological polar surface area (TPSA) is 81.8 Å². The molecule has 0 radical (unpaired) electrons. The van der Waals surface area contributed by atoms with Crippen molar-refractivity contribution in [3.05, 3.63) is 57.3 Å². The Hall–Kier alpha value is -2.96. The Bertz CT molecular complexity index is 1080. The molecule has 1 amide bonds. The van der Waals surface area contributed by atoms with Crippen LogP contribution in [0.5, 0.6) is 0 Å². The molecule has 28 heavy (non-hydrogen) atoms. The summed E-state index contributed by atoms with van der Waals surface area (Å²) in [5.74, 6) is -0.558. The van der Waals surface area contributed by atoms with Crippen molar-refractivity contribution in [1.29, 1.82) is 0 Å². The first-order valence-corrected chi connectivity index (χ1v) is 9.61. The van der Waals surface area contributed by atoms with E-state index in [1.807, 2.05) is 57.6 Å². The molecule has 0 fully saturated rings. The van der Waals surface area contributed by atoms with Crippen LogP contribution in [0.1, 0.15) is 42.4 Å². The number of hydrogen-bond acceptors (Lipinski definition) is 4. The van der Waals surface area contributed by atoms with Gasteiger partial charge in [0.1, 0.15) is 0 Å². The first-order chi connectivity index (χ1) is 13.3. The van der Waals surface area contributed by atoms with Gasteiger partial charge in [0, 0.05) is 31.2 Å². The Morgan fingerprint density at radius 2 is 1.86 bits per heavy atom. The van der Waals surface area contributed by atoms with Crippen LogP contribution in [0, 0.1) is 13.8 Å². The van der Waals surface area contributed by atoms with E-state index >= 15 is 0 Å². The SMILES string of the molecule is CCn1nc([C@H](C)C(=O)NCCc2c(C)nn(C)c2C)c2ccccc2c1=O. The minimum atomic E-state index is -0.459.